The van der Waals surface area contributed by atoms with E-state index < -0.39 is 0 Å². The van der Waals surface area contributed by atoms with Crippen molar-refractivity contribution in [2.24, 2.45) is 7.05 Å². The fourth-order valence-electron chi connectivity index (χ4n) is 4.18. The van der Waals surface area contributed by atoms with E-state index in [1.165, 1.54) is 16.5 Å². The molecule has 4 aromatic rings. The lowest BCUT2D eigenvalue weighted by molar-refractivity contribution is 0.266. The van der Waals surface area contributed by atoms with E-state index in [-0.39, 0.29) is 0 Å². The molecule has 4 rings (SSSR count). The number of halogens is 1. The standard InChI is InChI=1S/C25H29ClN4/c1-3-14-30(18-19-17-29(2)25-8-5-4-7-21(19)25)15-6-12-27-23-11-13-28-24-16-20(26)9-10-22(23)24/h4-5,7-11,13,16-17H,3,6,12,14-15,18H2,1-2H3,(H,27,28). The molecule has 0 radical (unpaired) electrons. The lowest BCUT2D eigenvalue weighted by Gasteiger charge is -2.22. The molecular formula is C25H29ClN4. The smallest absolute Gasteiger partial charge is 0.0737 e. The molecule has 5 heteroatoms. The second kappa shape index (κ2) is 9.50. The highest BCUT2D eigenvalue weighted by molar-refractivity contribution is 6.31. The molecule has 0 saturated carbocycles. The number of hydrogen-bond acceptors (Lipinski definition) is 3. The van der Waals surface area contributed by atoms with E-state index >= 15 is 0 Å². The lowest BCUT2D eigenvalue weighted by atomic mass is 10.1. The summed E-state index contributed by atoms with van der Waals surface area (Å²) in [5.74, 6) is 0. The van der Waals surface area contributed by atoms with Gasteiger partial charge in [-0.25, -0.2) is 0 Å². The molecule has 0 amide bonds. The van der Waals surface area contributed by atoms with Crippen LogP contribution in [0.1, 0.15) is 25.3 Å². The summed E-state index contributed by atoms with van der Waals surface area (Å²) in [6.45, 7) is 6.35. The van der Waals surface area contributed by atoms with Gasteiger partial charge in [-0.15, -0.1) is 0 Å². The second-order valence-electron chi connectivity index (χ2n) is 7.86. The van der Waals surface area contributed by atoms with Gasteiger partial charge in [-0.05, 0) is 55.3 Å². The van der Waals surface area contributed by atoms with Crippen molar-refractivity contribution in [1.29, 1.82) is 0 Å². The van der Waals surface area contributed by atoms with Crippen LogP contribution in [0, 0.1) is 0 Å². The Kier molecular flexibility index (Phi) is 6.56. The zero-order valence-corrected chi connectivity index (χ0v) is 18.5. The summed E-state index contributed by atoms with van der Waals surface area (Å²) in [6, 6.07) is 16.6. The highest BCUT2D eigenvalue weighted by Crippen LogP contribution is 2.25. The molecule has 0 atom stereocenters. The topological polar surface area (TPSA) is 33.1 Å². The zero-order chi connectivity index (χ0) is 20.9. The van der Waals surface area contributed by atoms with Gasteiger partial charge in [0.1, 0.15) is 0 Å². The number of aryl methyl sites for hydroxylation is 1. The largest absolute Gasteiger partial charge is 0.384 e. The van der Waals surface area contributed by atoms with Crippen LogP contribution in [-0.2, 0) is 13.6 Å². The molecule has 0 bridgehead atoms. The predicted octanol–water partition coefficient (Wildman–Crippen LogP) is 6.09. The number of hydrogen-bond donors (Lipinski definition) is 1. The zero-order valence-electron chi connectivity index (χ0n) is 17.7. The Morgan fingerprint density at radius 2 is 1.93 bits per heavy atom. The number of rotatable bonds is 9. The first-order chi connectivity index (χ1) is 14.7. The quantitative estimate of drug-likeness (QED) is 0.332. The Balaban J connectivity index is 1.38. The van der Waals surface area contributed by atoms with Gasteiger partial charge in [0.05, 0.1) is 5.52 Å². The van der Waals surface area contributed by atoms with Crippen molar-refractivity contribution >= 4 is 39.1 Å². The lowest BCUT2D eigenvalue weighted by Crippen LogP contribution is -2.26. The molecule has 2 aromatic carbocycles. The molecule has 0 fully saturated rings. The van der Waals surface area contributed by atoms with E-state index in [1.807, 2.05) is 30.5 Å². The van der Waals surface area contributed by atoms with E-state index in [1.54, 1.807) is 0 Å². The highest BCUT2D eigenvalue weighted by atomic mass is 35.5. The predicted molar refractivity (Wildman–Crippen MR) is 128 cm³/mol. The van der Waals surface area contributed by atoms with Crippen LogP contribution in [0.3, 0.4) is 0 Å². The van der Waals surface area contributed by atoms with E-state index in [0.29, 0.717) is 0 Å². The van der Waals surface area contributed by atoms with Crippen molar-refractivity contribution in [3.8, 4) is 0 Å². The van der Waals surface area contributed by atoms with Crippen molar-refractivity contribution in [3.63, 3.8) is 0 Å². The third-order valence-corrected chi connectivity index (χ3v) is 5.82. The summed E-state index contributed by atoms with van der Waals surface area (Å²) < 4.78 is 2.23. The summed E-state index contributed by atoms with van der Waals surface area (Å²) >= 11 is 6.10. The van der Waals surface area contributed by atoms with E-state index in [0.717, 1.165) is 60.6 Å². The van der Waals surface area contributed by atoms with Gasteiger partial charge in [0.15, 0.2) is 0 Å². The van der Waals surface area contributed by atoms with Crippen molar-refractivity contribution < 1.29 is 0 Å². The number of anilines is 1. The first-order valence-electron chi connectivity index (χ1n) is 10.7. The molecule has 0 saturated heterocycles. The average molecular weight is 421 g/mol. The minimum atomic E-state index is 0.718. The Morgan fingerprint density at radius 3 is 2.80 bits per heavy atom. The molecule has 0 unspecified atom stereocenters. The van der Waals surface area contributed by atoms with Crippen LogP contribution in [0.25, 0.3) is 21.8 Å². The fraction of sp³-hybridized carbons (Fsp3) is 0.320. The summed E-state index contributed by atoms with van der Waals surface area (Å²) in [4.78, 5) is 6.99. The van der Waals surface area contributed by atoms with Crippen LogP contribution < -0.4 is 5.32 Å². The maximum Gasteiger partial charge on any atom is 0.0737 e. The van der Waals surface area contributed by atoms with Crippen LogP contribution >= 0.6 is 11.6 Å². The molecule has 1 N–H and O–H groups in total. The average Bonchev–Trinajstić information content (AvgIpc) is 3.06. The van der Waals surface area contributed by atoms with Crippen LogP contribution in [0.5, 0.6) is 0 Å². The van der Waals surface area contributed by atoms with Crippen LogP contribution in [0.2, 0.25) is 5.02 Å². The minimum absolute atomic E-state index is 0.718. The molecule has 0 aliphatic rings. The van der Waals surface area contributed by atoms with Crippen molar-refractivity contribution in [3.05, 3.63) is 71.5 Å². The number of fused-ring (bicyclic) bond motifs is 2. The number of benzene rings is 2. The first-order valence-corrected chi connectivity index (χ1v) is 11.1. The number of nitrogens with zero attached hydrogens (tertiary/aromatic N) is 3. The van der Waals surface area contributed by atoms with Crippen LogP contribution in [0.4, 0.5) is 5.69 Å². The highest BCUT2D eigenvalue weighted by Gasteiger charge is 2.11. The van der Waals surface area contributed by atoms with Gasteiger partial charge in [0, 0.05) is 66.1 Å². The van der Waals surface area contributed by atoms with Crippen molar-refractivity contribution in [2.45, 2.75) is 26.3 Å². The molecular weight excluding hydrogens is 392 g/mol. The maximum absolute atomic E-state index is 6.10. The van der Waals surface area contributed by atoms with Gasteiger partial charge >= 0.3 is 0 Å². The van der Waals surface area contributed by atoms with Crippen molar-refractivity contribution in [1.82, 2.24) is 14.5 Å². The molecule has 4 nitrogen and oxygen atoms in total. The fourth-order valence-corrected chi connectivity index (χ4v) is 4.35. The molecule has 0 aliphatic carbocycles. The van der Waals surface area contributed by atoms with Crippen LogP contribution in [-0.4, -0.2) is 34.1 Å². The molecule has 2 heterocycles. The molecule has 0 aliphatic heterocycles. The summed E-state index contributed by atoms with van der Waals surface area (Å²) in [6.07, 6.45) is 6.36. The van der Waals surface area contributed by atoms with Gasteiger partial charge in [0.2, 0.25) is 0 Å². The van der Waals surface area contributed by atoms with E-state index in [4.69, 9.17) is 11.6 Å². The monoisotopic (exact) mass is 420 g/mol. The Morgan fingerprint density at radius 1 is 1.07 bits per heavy atom. The SMILES string of the molecule is CCCN(CCCNc1ccnc2cc(Cl)ccc12)Cc1cn(C)c2ccccc12. The molecule has 2 aromatic heterocycles. The van der Waals surface area contributed by atoms with Crippen molar-refractivity contribution in [2.75, 3.05) is 25.0 Å². The van der Waals surface area contributed by atoms with E-state index in [2.05, 4.69) is 64.2 Å². The van der Waals surface area contributed by atoms with Gasteiger partial charge in [-0.1, -0.05) is 36.7 Å². The normalized spacial score (nSPS) is 11.6. The third-order valence-electron chi connectivity index (χ3n) is 5.58. The number of para-hydroxylation sites is 1. The first kappa shape index (κ1) is 20.7. The second-order valence-corrected chi connectivity index (χ2v) is 8.30. The van der Waals surface area contributed by atoms with E-state index in [9.17, 15) is 0 Å². The van der Waals surface area contributed by atoms with Gasteiger partial charge in [-0.2, -0.15) is 0 Å². The van der Waals surface area contributed by atoms with Gasteiger partial charge in [-0.3, -0.25) is 9.88 Å². The number of pyridine rings is 1. The molecule has 156 valence electrons. The Hall–Kier alpha value is -2.56. The Labute approximate surface area is 183 Å². The summed E-state index contributed by atoms with van der Waals surface area (Å²) in [7, 11) is 2.13. The van der Waals surface area contributed by atoms with Crippen LogP contribution in [0.15, 0.2) is 60.9 Å². The van der Waals surface area contributed by atoms with Gasteiger partial charge < -0.3 is 9.88 Å². The number of nitrogens with one attached hydrogen (secondary N) is 1. The third kappa shape index (κ3) is 4.61. The number of aromatic nitrogens is 2. The summed E-state index contributed by atoms with van der Waals surface area (Å²) in [5.41, 5.74) is 4.76. The maximum atomic E-state index is 6.10. The van der Waals surface area contributed by atoms with Gasteiger partial charge in [0.25, 0.3) is 0 Å². The molecule has 0 spiro atoms. The molecule has 30 heavy (non-hydrogen) atoms. The summed E-state index contributed by atoms with van der Waals surface area (Å²) in [5, 5.41) is 6.78. The minimum Gasteiger partial charge on any atom is -0.384 e. The Bertz CT molecular complexity index is 1130.